The molecule has 0 bridgehead atoms. The molecule has 3 nitrogen and oxygen atoms in total. The molecule has 1 unspecified atom stereocenters. The Labute approximate surface area is 79.3 Å². The highest BCUT2D eigenvalue weighted by Gasteiger charge is 1.95. The molecular weight excluding hydrogens is 164 g/mol. The van der Waals surface area contributed by atoms with Crippen molar-refractivity contribution in [3.63, 3.8) is 0 Å². The number of hydrogen-bond donors (Lipinski definition) is 2. The Kier molecular flexibility index (Phi) is 4.57. The Bertz CT molecular complexity index is 207. The van der Waals surface area contributed by atoms with Gasteiger partial charge in [-0.15, -0.1) is 0 Å². The molecule has 3 heteroatoms. The van der Waals surface area contributed by atoms with E-state index in [1.165, 1.54) is 5.56 Å². The summed E-state index contributed by atoms with van der Waals surface area (Å²) in [4.78, 5) is 0. The van der Waals surface area contributed by atoms with Gasteiger partial charge in [0.2, 0.25) is 0 Å². The molecule has 0 radical (unpaired) electrons. The van der Waals surface area contributed by atoms with Gasteiger partial charge < -0.3 is 15.5 Å². The van der Waals surface area contributed by atoms with Crippen LogP contribution in [-0.4, -0.2) is 12.6 Å². The van der Waals surface area contributed by atoms with Crippen LogP contribution < -0.4 is 11.1 Å². The van der Waals surface area contributed by atoms with Crippen LogP contribution in [0.5, 0.6) is 0 Å². The minimum Gasteiger partial charge on any atom is -0.472 e. The van der Waals surface area contributed by atoms with Gasteiger partial charge >= 0.3 is 0 Å². The summed E-state index contributed by atoms with van der Waals surface area (Å²) in [5, 5.41) is 3.33. The average molecular weight is 182 g/mol. The van der Waals surface area contributed by atoms with Crippen molar-refractivity contribution in [2.75, 3.05) is 6.54 Å². The quantitative estimate of drug-likeness (QED) is 0.655. The number of nitrogens with two attached hydrogens (primary N) is 1. The van der Waals surface area contributed by atoms with E-state index in [0.717, 1.165) is 25.9 Å². The zero-order valence-electron chi connectivity index (χ0n) is 8.12. The molecule has 0 aromatic carbocycles. The lowest BCUT2D eigenvalue weighted by molar-refractivity contribution is 0.552. The summed E-state index contributed by atoms with van der Waals surface area (Å²) in [6, 6.07) is 2.29. The summed E-state index contributed by atoms with van der Waals surface area (Å²) in [6.07, 6.45) is 5.67. The fraction of sp³-hybridized carbons (Fsp3) is 0.600. The lowest BCUT2D eigenvalue weighted by atomic mass is 10.2. The lowest BCUT2D eigenvalue weighted by Crippen LogP contribution is -2.19. The number of furan rings is 1. The first-order valence-electron chi connectivity index (χ1n) is 4.76. The van der Waals surface area contributed by atoms with Gasteiger partial charge in [0.1, 0.15) is 0 Å². The third kappa shape index (κ3) is 4.70. The Morgan fingerprint density at radius 2 is 2.46 bits per heavy atom. The molecule has 1 aromatic rings. The molecule has 13 heavy (non-hydrogen) atoms. The predicted molar refractivity (Wildman–Crippen MR) is 53.3 cm³/mol. The number of nitrogens with one attached hydrogen (secondary N) is 1. The van der Waals surface area contributed by atoms with E-state index in [9.17, 15) is 0 Å². The molecule has 0 amide bonds. The van der Waals surface area contributed by atoms with E-state index in [2.05, 4.69) is 5.32 Å². The van der Waals surface area contributed by atoms with E-state index in [1.54, 1.807) is 12.5 Å². The maximum absolute atomic E-state index is 5.63. The summed E-state index contributed by atoms with van der Waals surface area (Å²) >= 11 is 0. The van der Waals surface area contributed by atoms with Crippen LogP contribution in [-0.2, 0) is 6.54 Å². The highest BCUT2D eigenvalue weighted by atomic mass is 16.3. The van der Waals surface area contributed by atoms with E-state index in [1.807, 2.05) is 13.0 Å². The molecule has 74 valence electrons. The molecule has 0 saturated heterocycles. The maximum Gasteiger partial charge on any atom is 0.0947 e. The topological polar surface area (TPSA) is 51.2 Å². The van der Waals surface area contributed by atoms with Gasteiger partial charge in [-0.1, -0.05) is 0 Å². The fourth-order valence-corrected chi connectivity index (χ4v) is 1.17. The second-order valence-electron chi connectivity index (χ2n) is 3.43. The van der Waals surface area contributed by atoms with E-state index < -0.39 is 0 Å². The van der Waals surface area contributed by atoms with Crippen LogP contribution in [0.2, 0.25) is 0 Å². The minimum absolute atomic E-state index is 0.315. The van der Waals surface area contributed by atoms with Crippen molar-refractivity contribution >= 4 is 0 Å². The summed E-state index contributed by atoms with van der Waals surface area (Å²) < 4.78 is 4.95. The van der Waals surface area contributed by atoms with Gasteiger partial charge in [-0.05, 0) is 32.4 Å². The Balaban J connectivity index is 1.96. The van der Waals surface area contributed by atoms with Gasteiger partial charge in [0.05, 0.1) is 12.5 Å². The molecule has 0 aliphatic rings. The molecule has 1 atom stereocenters. The van der Waals surface area contributed by atoms with Crippen molar-refractivity contribution in [1.29, 1.82) is 0 Å². The highest BCUT2D eigenvalue weighted by Crippen LogP contribution is 1.98. The first-order chi connectivity index (χ1) is 6.29. The van der Waals surface area contributed by atoms with Crippen molar-refractivity contribution < 1.29 is 4.42 Å². The van der Waals surface area contributed by atoms with Crippen molar-refractivity contribution in [1.82, 2.24) is 5.32 Å². The lowest BCUT2D eigenvalue weighted by Gasteiger charge is -2.05. The van der Waals surface area contributed by atoms with Crippen LogP contribution in [0.15, 0.2) is 23.0 Å². The highest BCUT2D eigenvalue weighted by molar-refractivity contribution is 5.04. The fourth-order valence-electron chi connectivity index (χ4n) is 1.17. The van der Waals surface area contributed by atoms with Crippen LogP contribution in [0.4, 0.5) is 0 Å². The standard InChI is InChI=1S/C10H18N2O/c1-9(11)3-2-5-12-7-10-4-6-13-8-10/h4,6,8-9,12H,2-3,5,7,11H2,1H3. The van der Waals surface area contributed by atoms with Crippen LogP contribution in [0.1, 0.15) is 25.3 Å². The molecule has 3 N–H and O–H groups in total. The Morgan fingerprint density at radius 3 is 3.08 bits per heavy atom. The van der Waals surface area contributed by atoms with Crippen LogP contribution in [0.25, 0.3) is 0 Å². The first-order valence-corrected chi connectivity index (χ1v) is 4.76. The van der Waals surface area contributed by atoms with Gasteiger partial charge in [-0.25, -0.2) is 0 Å². The van der Waals surface area contributed by atoms with Gasteiger partial charge in [0.25, 0.3) is 0 Å². The van der Waals surface area contributed by atoms with Gasteiger partial charge in [-0.2, -0.15) is 0 Å². The monoisotopic (exact) mass is 182 g/mol. The van der Waals surface area contributed by atoms with E-state index in [0.29, 0.717) is 6.04 Å². The van der Waals surface area contributed by atoms with Gasteiger partial charge in [0.15, 0.2) is 0 Å². The predicted octanol–water partition coefficient (Wildman–Crippen LogP) is 1.50. The van der Waals surface area contributed by atoms with Gasteiger partial charge in [0, 0.05) is 18.2 Å². The van der Waals surface area contributed by atoms with Crippen molar-refractivity contribution in [2.45, 2.75) is 32.4 Å². The van der Waals surface area contributed by atoms with Crippen LogP contribution in [0.3, 0.4) is 0 Å². The third-order valence-corrected chi connectivity index (χ3v) is 1.92. The number of hydrogen-bond acceptors (Lipinski definition) is 3. The van der Waals surface area contributed by atoms with Crippen molar-refractivity contribution in [3.8, 4) is 0 Å². The molecule has 1 heterocycles. The molecule has 0 saturated carbocycles. The van der Waals surface area contributed by atoms with Crippen LogP contribution in [0, 0.1) is 0 Å². The average Bonchev–Trinajstić information content (AvgIpc) is 2.55. The van der Waals surface area contributed by atoms with E-state index >= 15 is 0 Å². The Morgan fingerprint density at radius 1 is 1.62 bits per heavy atom. The van der Waals surface area contributed by atoms with Crippen molar-refractivity contribution in [2.24, 2.45) is 5.73 Å². The summed E-state index contributed by atoms with van der Waals surface area (Å²) in [7, 11) is 0. The molecule has 1 aromatic heterocycles. The molecule has 0 fully saturated rings. The summed E-state index contributed by atoms with van der Waals surface area (Å²) in [5.41, 5.74) is 6.82. The van der Waals surface area contributed by atoms with Crippen LogP contribution >= 0.6 is 0 Å². The smallest absolute Gasteiger partial charge is 0.0947 e. The molecular formula is C10H18N2O. The minimum atomic E-state index is 0.315. The molecule has 1 rings (SSSR count). The Hall–Kier alpha value is -0.800. The third-order valence-electron chi connectivity index (χ3n) is 1.92. The SMILES string of the molecule is CC(N)CCCNCc1ccoc1. The second-order valence-corrected chi connectivity index (χ2v) is 3.43. The normalized spacial score (nSPS) is 13.1. The zero-order chi connectivity index (χ0) is 9.52. The first kappa shape index (κ1) is 10.3. The van der Waals surface area contributed by atoms with Gasteiger partial charge in [-0.3, -0.25) is 0 Å². The molecule has 0 aliphatic heterocycles. The van der Waals surface area contributed by atoms with E-state index in [-0.39, 0.29) is 0 Å². The molecule has 0 aliphatic carbocycles. The molecule has 0 spiro atoms. The zero-order valence-corrected chi connectivity index (χ0v) is 8.12. The second kappa shape index (κ2) is 5.78. The largest absolute Gasteiger partial charge is 0.472 e. The number of rotatable bonds is 6. The van der Waals surface area contributed by atoms with Crippen molar-refractivity contribution in [3.05, 3.63) is 24.2 Å². The maximum atomic E-state index is 5.63. The van der Waals surface area contributed by atoms with E-state index in [4.69, 9.17) is 10.2 Å². The summed E-state index contributed by atoms with van der Waals surface area (Å²) in [6.45, 7) is 3.94. The summed E-state index contributed by atoms with van der Waals surface area (Å²) in [5.74, 6) is 0.